The monoisotopic (exact) mass is 254 g/mol. The minimum atomic E-state index is 0.607. The molecule has 0 saturated carbocycles. The lowest BCUT2D eigenvalue weighted by Crippen LogP contribution is -2.22. The van der Waals surface area contributed by atoms with E-state index in [-0.39, 0.29) is 0 Å². The minimum Gasteiger partial charge on any atom is -0.367 e. The fourth-order valence-corrected chi connectivity index (χ4v) is 2.21. The second kappa shape index (κ2) is 6.39. The molecule has 0 saturated heterocycles. The normalized spacial score (nSPS) is 10.5. The number of anilines is 1. The second-order valence-electron chi connectivity index (χ2n) is 4.87. The smallest absolute Gasteiger partial charge is 0.0429 e. The van der Waals surface area contributed by atoms with Crippen LogP contribution in [0.25, 0.3) is 0 Å². The molecule has 0 aliphatic heterocycles. The molecule has 0 bridgehead atoms. The predicted molar refractivity (Wildman–Crippen MR) is 82.2 cm³/mol. The topological polar surface area (TPSA) is 29.3 Å². The molecule has 0 aliphatic carbocycles. The van der Waals surface area contributed by atoms with E-state index in [0.29, 0.717) is 6.54 Å². The van der Waals surface area contributed by atoms with Crippen LogP contribution in [0.2, 0.25) is 0 Å². The first-order chi connectivity index (χ1) is 9.22. The Labute approximate surface area is 115 Å². The van der Waals surface area contributed by atoms with Crippen molar-refractivity contribution in [1.82, 2.24) is 0 Å². The molecule has 0 unspecified atom stereocenters. The maximum Gasteiger partial charge on any atom is 0.0429 e. The average molecular weight is 254 g/mol. The van der Waals surface area contributed by atoms with Crippen LogP contribution in [0.1, 0.15) is 23.6 Å². The van der Waals surface area contributed by atoms with E-state index in [1.54, 1.807) is 0 Å². The van der Waals surface area contributed by atoms with Crippen molar-refractivity contribution in [3.63, 3.8) is 0 Å². The molecule has 0 aliphatic rings. The van der Waals surface area contributed by atoms with E-state index in [2.05, 4.69) is 67.3 Å². The van der Waals surface area contributed by atoms with Crippen LogP contribution in [0.3, 0.4) is 0 Å². The van der Waals surface area contributed by atoms with Crippen molar-refractivity contribution >= 4 is 5.69 Å². The van der Waals surface area contributed by atoms with E-state index in [1.807, 2.05) is 0 Å². The van der Waals surface area contributed by atoms with Gasteiger partial charge in [-0.3, -0.25) is 0 Å². The van der Waals surface area contributed by atoms with Crippen LogP contribution in [0.15, 0.2) is 48.5 Å². The highest BCUT2D eigenvalue weighted by Gasteiger charge is 2.05. The summed E-state index contributed by atoms with van der Waals surface area (Å²) in [5.74, 6) is 0. The van der Waals surface area contributed by atoms with Gasteiger partial charge in [0.05, 0.1) is 0 Å². The van der Waals surface area contributed by atoms with E-state index in [4.69, 9.17) is 5.73 Å². The van der Waals surface area contributed by atoms with Gasteiger partial charge in [0.1, 0.15) is 0 Å². The summed E-state index contributed by atoms with van der Waals surface area (Å²) in [6, 6.07) is 17.2. The number of benzene rings is 2. The van der Waals surface area contributed by atoms with Crippen LogP contribution < -0.4 is 10.6 Å². The molecule has 2 aromatic rings. The number of hydrogen-bond acceptors (Lipinski definition) is 2. The fraction of sp³-hybridized carbons (Fsp3) is 0.294. The lowest BCUT2D eigenvalue weighted by molar-refractivity contribution is 0.830. The van der Waals surface area contributed by atoms with Gasteiger partial charge in [0.2, 0.25) is 0 Å². The third-order valence-electron chi connectivity index (χ3n) is 3.38. The zero-order valence-corrected chi connectivity index (χ0v) is 11.8. The molecule has 19 heavy (non-hydrogen) atoms. The average Bonchev–Trinajstić information content (AvgIpc) is 2.45. The molecule has 0 amide bonds. The Morgan fingerprint density at radius 1 is 1.00 bits per heavy atom. The first-order valence-electron chi connectivity index (χ1n) is 6.82. The number of aryl methyl sites for hydroxylation is 1. The van der Waals surface area contributed by atoms with E-state index in [9.17, 15) is 0 Å². The number of nitrogens with zero attached hydrogens (tertiary/aromatic N) is 1. The van der Waals surface area contributed by atoms with Crippen LogP contribution in [0.5, 0.6) is 0 Å². The van der Waals surface area contributed by atoms with E-state index >= 15 is 0 Å². The molecule has 0 heterocycles. The quantitative estimate of drug-likeness (QED) is 0.885. The van der Waals surface area contributed by atoms with Gasteiger partial charge in [-0.25, -0.2) is 0 Å². The number of hydrogen-bond donors (Lipinski definition) is 1. The molecule has 100 valence electrons. The number of nitrogens with two attached hydrogens (primary N) is 1. The minimum absolute atomic E-state index is 0.607. The third kappa shape index (κ3) is 3.58. The van der Waals surface area contributed by atoms with Gasteiger partial charge >= 0.3 is 0 Å². The van der Waals surface area contributed by atoms with Gasteiger partial charge in [0.15, 0.2) is 0 Å². The van der Waals surface area contributed by atoms with Crippen LogP contribution in [0, 0.1) is 6.92 Å². The fourth-order valence-electron chi connectivity index (χ4n) is 2.21. The summed E-state index contributed by atoms with van der Waals surface area (Å²) in [6.45, 7) is 6.87. The van der Waals surface area contributed by atoms with Crippen molar-refractivity contribution in [2.45, 2.75) is 26.9 Å². The predicted octanol–water partition coefficient (Wildman–Crippen LogP) is 3.48. The van der Waals surface area contributed by atoms with Crippen molar-refractivity contribution in [3.8, 4) is 0 Å². The van der Waals surface area contributed by atoms with Crippen molar-refractivity contribution < 1.29 is 0 Å². The standard InChI is InChI=1S/C17H22N2/c1-3-19(17-6-4-5-14(2)11-17)13-16-9-7-15(12-18)8-10-16/h4-11H,3,12-13,18H2,1-2H3. The lowest BCUT2D eigenvalue weighted by atomic mass is 10.1. The molecule has 0 atom stereocenters. The summed E-state index contributed by atoms with van der Waals surface area (Å²) >= 11 is 0. The van der Waals surface area contributed by atoms with Gasteiger partial charge in [0.25, 0.3) is 0 Å². The Bertz CT molecular complexity index is 517. The maximum atomic E-state index is 5.62. The van der Waals surface area contributed by atoms with Gasteiger partial charge in [-0.15, -0.1) is 0 Å². The van der Waals surface area contributed by atoms with Gasteiger partial charge in [-0.1, -0.05) is 36.4 Å². The molecule has 2 N–H and O–H groups in total. The molecule has 0 fully saturated rings. The second-order valence-corrected chi connectivity index (χ2v) is 4.87. The first-order valence-corrected chi connectivity index (χ1v) is 6.82. The maximum absolute atomic E-state index is 5.62. The summed E-state index contributed by atoms with van der Waals surface area (Å²) in [4.78, 5) is 2.38. The van der Waals surface area contributed by atoms with Crippen LogP contribution in [-0.2, 0) is 13.1 Å². The Kier molecular flexibility index (Phi) is 4.58. The van der Waals surface area contributed by atoms with Crippen molar-refractivity contribution in [2.24, 2.45) is 5.73 Å². The molecule has 2 nitrogen and oxygen atoms in total. The summed E-state index contributed by atoms with van der Waals surface area (Å²) < 4.78 is 0. The third-order valence-corrected chi connectivity index (χ3v) is 3.38. The highest BCUT2D eigenvalue weighted by molar-refractivity contribution is 5.48. The largest absolute Gasteiger partial charge is 0.367 e. The van der Waals surface area contributed by atoms with Crippen molar-refractivity contribution in [1.29, 1.82) is 0 Å². The molecule has 2 rings (SSSR count). The van der Waals surface area contributed by atoms with E-state index in [1.165, 1.54) is 22.4 Å². The molecule has 2 heteroatoms. The Balaban J connectivity index is 2.14. The van der Waals surface area contributed by atoms with Crippen LogP contribution >= 0.6 is 0 Å². The highest BCUT2D eigenvalue weighted by atomic mass is 15.1. The molecule has 2 aromatic carbocycles. The van der Waals surface area contributed by atoms with Gasteiger partial charge in [-0.2, -0.15) is 0 Å². The molecular weight excluding hydrogens is 232 g/mol. The summed E-state index contributed by atoms with van der Waals surface area (Å²) in [6.07, 6.45) is 0. The molecule has 0 spiro atoms. The SMILES string of the molecule is CCN(Cc1ccc(CN)cc1)c1cccc(C)c1. The number of rotatable bonds is 5. The molecular formula is C17H22N2. The van der Waals surface area contributed by atoms with Crippen molar-refractivity contribution in [2.75, 3.05) is 11.4 Å². The van der Waals surface area contributed by atoms with Crippen molar-refractivity contribution in [3.05, 3.63) is 65.2 Å². The van der Waals surface area contributed by atoms with E-state index < -0.39 is 0 Å². The Hall–Kier alpha value is -1.80. The van der Waals surface area contributed by atoms with Gasteiger partial charge in [0, 0.05) is 25.3 Å². The van der Waals surface area contributed by atoms with Gasteiger partial charge in [-0.05, 0) is 42.7 Å². The first kappa shape index (κ1) is 13.6. The van der Waals surface area contributed by atoms with Crippen LogP contribution in [-0.4, -0.2) is 6.54 Å². The highest BCUT2D eigenvalue weighted by Crippen LogP contribution is 2.18. The Morgan fingerprint density at radius 2 is 1.68 bits per heavy atom. The Morgan fingerprint density at radius 3 is 2.26 bits per heavy atom. The lowest BCUT2D eigenvalue weighted by Gasteiger charge is -2.23. The summed E-state index contributed by atoms with van der Waals surface area (Å²) in [7, 11) is 0. The zero-order valence-electron chi connectivity index (χ0n) is 11.8. The van der Waals surface area contributed by atoms with Gasteiger partial charge < -0.3 is 10.6 Å². The molecule has 0 radical (unpaired) electrons. The molecule has 0 aromatic heterocycles. The van der Waals surface area contributed by atoms with Crippen LogP contribution in [0.4, 0.5) is 5.69 Å². The summed E-state index contributed by atoms with van der Waals surface area (Å²) in [5, 5.41) is 0. The van der Waals surface area contributed by atoms with E-state index in [0.717, 1.165) is 13.1 Å². The summed E-state index contributed by atoms with van der Waals surface area (Å²) in [5.41, 5.74) is 10.7. The zero-order chi connectivity index (χ0) is 13.7.